The van der Waals surface area contributed by atoms with Gasteiger partial charge >= 0.3 is 0 Å². The number of rotatable bonds is 7. The summed E-state index contributed by atoms with van der Waals surface area (Å²) in [6.07, 6.45) is 0.235. The van der Waals surface area contributed by atoms with Crippen LogP contribution in [0.2, 0.25) is 0 Å². The van der Waals surface area contributed by atoms with Crippen molar-refractivity contribution in [1.29, 1.82) is 0 Å². The summed E-state index contributed by atoms with van der Waals surface area (Å²) < 4.78 is 10.7. The first-order chi connectivity index (χ1) is 13.5. The number of thiazole rings is 1. The van der Waals surface area contributed by atoms with E-state index in [1.165, 1.54) is 5.56 Å². The number of nitrogens with zero attached hydrogens (tertiary/aromatic N) is 1. The lowest BCUT2D eigenvalue weighted by Gasteiger charge is -2.18. The molecule has 0 aliphatic heterocycles. The second-order valence-electron chi connectivity index (χ2n) is 6.58. The molecular formula is C22H24N2O3S. The van der Waals surface area contributed by atoms with Crippen LogP contribution in [0.25, 0.3) is 10.6 Å². The molecule has 5 nitrogen and oxygen atoms in total. The molecule has 146 valence electrons. The maximum atomic E-state index is 12.5. The third-order valence-corrected chi connectivity index (χ3v) is 5.41. The topological polar surface area (TPSA) is 60.5 Å². The largest absolute Gasteiger partial charge is 0.497 e. The Morgan fingerprint density at radius 2 is 1.89 bits per heavy atom. The highest BCUT2D eigenvalue weighted by molar-refractivity contribution is 7.13. The molecule has 0 aliphatic rings. The third kappa shape index (κ3) is 4.70. The maximum Gasteiger partial charge on any atom is 0.226 e. The third-order valence-electron chi connectivity index (χ3n) is 4.47. The van der Waals surface area contributed by atoms with Crippen LogP contribution in [-0.2, 0) is 11.2 Å². The minimum absolute atomic E-state index is 0.0851. The normalized spacial score (nSPS) is 11.7. The van der Waals surface area contributed by atoms with Gasteiger partial charge in [0, 0.05) is 16.5 Å². The summed E-state index contributed by atoms with van der Waals surface area (Å²) in [7, 11) is 3.23. The predicted molar refractivity (Wildman–Crippen MR) is 112 cm³/mol. The van der Waals surface area contributed by atoms with Crippen molar-refractivity contribution in [2.24, 2.45) is 0 Å². The molecule has 0 fully saturated rings. The number of benzene rings is 2. The maximum absolute atomic E-state index is 12.5. The van der Waals surface area contributed by atoms with Crippen molar-refractivity contribution in [3.63, 3.8) is 0 Å². The molecule has 2 aromatic carbocycles. The molecule has 6 heteroatoms. The average Bonchev–Trinajstić information content (AvgIpc) is 3.16. The van der Waals surface area contributed by atoms with Crippen molar-refractivity contribution in [1.82, 2.24) is 10.3 Å². The van der Waals surface area contributed by atoms with Crippen molar-refractivity contribution < 1.29 is 14.3 Å². The van der Waals surface area contributed by atoms with Crippen LogP contribution >= 0.6 is 11.3 Å². The summed E-state index contributed by atoms with van der Waals surface area (Å²) in [6, 6.07) is 13.6. The van der Waals surface area contributed by atoms with Crippen molar-refractivity contribution >= 4 is 17.2 Å². The van der Waals surface area contributed by atoms with E-state index in [-0.39, 0.29) is 18.4 Å². The van der Waals surface area contributed by atoms with Gasteiger partial charge in [0.05, 0.1) is 32.4 Å². The van der Waals surface area contributed by atoms with Gasteiger partial charge in [0.2, 0.25) is 5.91 Å². The standard InChI is InChI=1S/C22H24N2O3S/c1-14-5-7-16(8-6-14)22-24-17(13-28-22)11-21(25)23-15(2)19-12-18(26-3)9-10-20(19)27-4/h5-10,12-13,15H,11H2,1-4H3,(H,23,25). The number of hydrogen-bond donors (Lipinski definition) is 1. The first kappa shape index (κ1) is 19.9. The van der Waals surface area contributed by atoms with E-state index in [0.717, 1.165) is 27.6 Å². The Labute approximate surface area is 169 Å². The van der Waals surface area contributed by atoms with E-state index in [2.05, 4.69) is 41.5 Å². The number of hydrogen-bond acceptors (Lipinski definition) is 5. The Balaban J connectivity index is 1.67. The van der Waals surface area contributed by atoms with Crippen LogP contribution in [0, 0.1) is 6.92 Å². The van der Waals surface area contributed by atoms with Crippen LogP contribution in [-0.4, -0.2) is 25.1 Å². The van der Waals surface area contributed by atoms with E-state index in [0.29, 0.717) is 5.75 Å². The molecule has 1 N–H and O–H groups in total. The number of amides is 1. The zero-order valence-corrected chi connectivity index (χ0v) is 17.3. The minimum Gasteiger partial charge on any atom is -0.497 e. The Hall–Kier alpha value is -2.86. The molecule has 1 unspecified atom stereocenters. The van der Waals surface area contributed by atoms with Crippen LogP contribution in [0.4, 0.5) is 0 Å². The molecule has 1 aromatic heterocycles. The van der Waals surface area contributed by atoms with Crippen molar-refractivity contribution in [2.45, 2.75) is 26.3 Å². The van der Waals surface area contributed by atoms with E-state index >= 15 is 0 Å². The highest BCUT2D eigenvalue weighted by Gasteiger charge is 2.16. The van der Waals surface area contributed by atoms with Gasteiger partial charge in [-0.15, -0.1) is 11.3 Å². The Bertz CT molecular complexity index is 951. The summed E-state index contributed by atoms with van der Waals surface area (Å²) in [4.78, 5) is 17.1. The quantitative estimate of drug-likeness (QED) is 0.636. The van der Waals surface area contributed by atoms with Crippen LogP contribution in [0.3, 0.4) is 0 Å². The molecule has 0 saturated carbocycles. The summed E-state index contributed by atoms with van der Waals surface area (Å²) in [6.45, 7) is 3.98. The number of methoxy groups -OCH3 is 2. The zero-order chi connectivity index (χ0) is 20.1. The average molecular weight is 397 g/mol. The molecule has 1 heterocycles. The summed E-state index contributed by atoms with van der Waals surface area (Å²) in [5.74, 6) is 1.35. The SMILES string of the molecule is COc1ccc(OC)c(C(C)NC(=O)Cc2csc(-c3ccc(C)cc3)n2)c1. The number of carbonyl (C=O) groups excluding carboxylic acids is 1. The highest BCUT2D eigenvalue weighted by atomic mass is 32.1. The van der Waals surface area contributed by atoms with Gasteiger partial charge in [0.25, 0.3) is 0 Å². The van der Waals surface area contributed by atoms with E-state index in [1.54, 1.807) is 25.6 Å². The molecule has 3 aromatic rings. The van der Waals surface area contributed by atoms with Gasteiger partial charge in [-0.1, -0.05) is 29.8 Å². The van der Waals surface area contributed by atoms with Gasteiger partial charge in [-0.3, -0.25) is 4.79 Å². The smallest absolute Gasteiger partial charge is 0.226 e. The first-order valence-corrected chi connectivity index (χ1v) is 9.91. The molecule has 0 saturated heterocycles. The van der Waals surface area contributed by atoms with Gasteiger partial charge in [-0.25, -0.2) is 4.98 Å². The highest BCUT2D eigenvalue weighted by Crippen LogP contribution is 2.29. The first-order valence-electron chi connectivity index (χ1n) is 9.03. The molecule has 0 aliphatic carbocycles. The summed E-state index contributed by atoms with van der Waals surface area (Å²) >= 11 is 1.55. The van der Waals surface area contributed by atoms with Gasteiger partial charge in [-0.05, 0) is 32.0 Å². The molecule has 0 bridgehead atoms. The number of nitrogens with one attached hydrogen (secondary N) is 1. The number of aromatic nitrogens is 1. The minimum atomic E-state index is -0.215. The van der Waals surface area contributed by atoms with Gasteiger partial charge in [0.1, 0.15) is 16.5 Å². The van der Waals surface area contributed by atoms with E-state index in [1.807, 2.05) is 30.5 Å². The fraction of sp³-hybridized carbons (Fsp3) is 0.273. The Morgan fingerprint density at radius 1 is 1.14 bits per heavy atom. The molecule has 1 amide bonds. The molecule has 3 rings (SSSR count). The second kappa shape index (κ2) is 8.89. The van der Waals surface area contributed by atoms with E-state index < -0.39 is 0 Å². The van der Waals surface area contributed by atoms with Gasteiger partial charge in [0.15, 0.2) is 0 Å². The lowest BCUT2D eigenvalue weighted by molar-refractivity contribution is -0.121. The van der Waals surface area contributed by atoms with Crippen LogP contribution in [0.15, 0.2) is 47.8 Å². The van der Waals surface area contributed by atoms with Gasteiger partial charge in [-0.2, -0.15) is 0 Å². The van der Waals surface area contributed by atoms with Crippen molar-refractivity contribution in [3.8, 4) is 22.1 Å². The van der Waals surface area contributed by atoms with E-state index in [4.69, 9.17) is 9.47 Å². The lowest BCUT2D eigenvalue weighted by Crippen LogP contribution is -2.28. The Morgan fingerprint density at radius 3 is 2.57 bits per heavy atom. The Kier molecular flexibility index (Phi) is 6.31. The molecule has 0 spiro atoms. The lowest BCUT2D eigenvalue weighted by atomic mass is 10.1. The number of ether oxygens (including phenoxy) is 2. The molecule has 1 atom stereocenters. The monoisotopic (exact) mass is 396 g/mol. The zero-order valence-electron chi connectivity index (χ0n) is 16.5. The van der Waals surface area contributed by atoms with E-state index in [9.17, 15) is 4.79 Å². The summed E-state index contributed by atoms with van der Waals surface area (Å²) in [5, 5.41) is 5.87. The fourth-order valence-corrected chi connectivity index (χ4v) is 3.76. The second-order valence-corrected chi connectivity index (χ2v) is 7.44. The van der Waals surface area contributed by atoms with Gasteiger partial charge < -0.3 is 14.8 Å². The van der Waals surface area contributed by atoms with Crippen molar-refractivity contribution in [2.75, 3.05) is 14.2 Å². The van der Waals surface area contributed by atoms with Crippen LogP contribution in [0.1, 0.15) is 29.8 Å². The molecule has 0 radical (unpaired) electrons. The fourth-order valence-electron chi connectivity index (χ4n) is 2.93. The number of carbonyl (C=O) groups is 1. The van der Waals surface area contributed by atoms with Crippen LogP contribution < -0.4 is 14.8 Å². The predicted octanol–water partition coefficient (Wildman–Crippen LogP) is 4.56. The van der Waals surface area contributed by atoms with Crippen molar-refractivity contribution in [3.05, 3.63) is 64.7 Å². The molecular weight excluding hydrogens is 372 g/mol. The molecule has 28 heavy (non-hydrogen) atoms. The van der Waals surface area contributed by atoms with Crippen LogP contribution in [0.5, 0.6) is 11.5 Å². The number of aryl methyl sites for hydroxylation is 1. The summed E-state index contributed by atoms with van der Waals surface area (Å²) in [5.41, 5.74) is 3.91.